The summed E-state index contributed by atoms with van der Waals surface area (Å²) in [5.41, 5.74) is 17.3. The highest BCUT2D eigenvalue weighted by Gasteiger charge is 2.41. The number of nitrogens with zero attached hydrogens (tertiary/aromatic N) is 3. The summed E-state index contributed by atoms with van der Waals surface area (Å²) in [4.78, 5) is 93.0. The number of aliphatic carboxylic acids is 1. The van der Waals surface area contributed by atoms with Gasteiger partial charge in [0.1, 0.15) is 29.3 Å². The lowest BCUT2D eigenvalue weighted by Gasteiger charge is -2.24. The zero-order valence-electron chi connectivity index (χ0n) is 43.0. The van der Waals surface area contributed by atoms with Crippen molar-refractivity contribution < 1.29 is 61.3 Å². The minimum absolute atomic E-state index is 0.0287. The number of ether oxygens (including phenoxy) is 3. The zero-order valence-corrected chi connectivity index (χ0v) is 44.7. The molecule has 4 rings (SSSR count). The quantitative estimate of drug-likeness (QED) is 0.0257. The van der Waals surface area contributed by atoms with Gasteiger partial charge in [0.2, 0.25) is 33.7 Å². The molecule has 3 aromatic carbocycles. The Morgan fingerprint density at radius 3 is 1.68 bits per heavy atom. The van der Waals surface area contributed by atoms with Crippen molar-refractivity contribution in [2.45, 2.75) is 114 Å². The van der Waals surface area contributed by atoms with Gasteiger partial charge >= 0.3 is 24.1 Å². The van der Waals surface area contributed by atoms with E-state index in [2.05, 4.69) is 41.3 Å². The number of nitrogens with two attached hydrogens (primary N) is 3. The Labute approximate surface area is 440 Å². The fourth-order valence-electron chi connectivity index (χ4n) is 6.48. The van der Waals surface area contributed by atoms with E-state index in [1.165, 1.54) is 31.0 Å². The molecule has 0 radical (unpaired) electrons. The van der Waals surface area contributed by atoms with Crippen LogP contribution in [0.3, 0.4) is 0 Å². The third-order valence-electron chi connectivity index (χ3n) is 9.91. The fraction of sp³-hybridized carbons (Fsp3) is 0.449. The van der Waals surface area contributed by atoms with Crippen LogP contribution in [0, 0.1) is 0 Å². The van der Waals surface area contributed by atoms with Gasteiger partial charge in [-0.05, 0) is 108 Å². The number of anilines is 2. The summed E-state index contributed by atoms with van der Waals surface area (Å²) < 4.78 is 42.2. The van der Waals surface area contributed by atoms with Gasteiger partial charge in [0.15, 0.2) is 5.96 Å². The average molecular weight is 1080 g/mol. The van der Waals surface area contributed by atoms with Crippen LogP contribution in [0.1, 0.15) is 78.4 Å². The largest absolute Gasteiger partial charge is 0.480 e. The molecule has 0 saturated carbocycles. The summed E-state index contributed by atoms with van der Waals surface area (Å²) >= 11 is 1.28. The molecule has 1 fully saturated rings. The van der Waals surface area contributed by atoms with E-state index >= 15 is 0 Å². The van der Waals surface area contributed by atoms with Crippen molar-refractivity contribution >= 4 is 86.9 Å². The van der Waals surface area contributed by atoms with E-state index in [1.54, 1.807) is 108 Å². The van der Waals surface area contributed by atoms with Gasteiger partial charge in [0.05, 0.1) is 17.9 Å². The molecule has 1 aliphatic rings. The second kappa shape index (κ2) is 29.6. The molecule has 410 valence electrons. The maximum atomic E-state index is 13.0. The zero-order chi connectivity index (χ0) is 55.9. The first-order valence-corrected chi connectivity index (χ1v) is 26.1. The number of nitrogens with one attached hydrogen (secondary N) is 5. The van der Waals surface area contributed by atoms with Crippen molar-refractivity contribution in [3.8, 4) is 0 Å². The van der Waals surface area contributed by atoms with Gasteiger partial charge in [-0.25, -0.2) is 22.8 Å². The lowest BCUT2D eigenvalue weighted by atomic mass is 10.0. The SMILES string of the molecule is COC(=O)[C@@H](N)Cc1ccc(NC(=O)CCCN=C(NC(=O)OC(C)(C)C)NC(=O)OC(C)(C)C)cc1.NC(N)=NCCCC(=O)Nc1ccc(C[C@H](NC(=O)[C@@H]2CSCN2S(=O)(=O)c2ccccc2)C(=O)O)cc1. The Kier molecular flexibility index (Phi) is 24.4. The normalized spacial score (nSPS) is 14.2. The summed E-state index contributed by atoms with van der Waals surface area (Å²) in [6, 6.07) is 18.2. The fourth-order valence-corrected chi connectivity index (χ4v) is 9.65. The van der Waals surface area contributed by atoms with Crippen LogP contribution in [-0.4, -0.2) is 133 Å². The molecular weight excluding hydrogens is 1010 g/mol. The summed E-state index contributed by atoms with van der Waals surface area (Å²) in [5, 5.41) is 22.5. The summed E-state index contributed by atoms with van der Waals surface area (Å²) in [6.45, 7) is 10.7. The van der Waals surface area contributed by atoms with Crippen LogP contribution in [0.15, 0.2) is 93.7 Å². The number of guanidine groups is 2. The molecule has 3 atom stereocenters. The van der Waals surface area contributed by atoms with Crippen LogP contribution in [0.25, 0.3) is 0 Å². The Morgan fingerprint density at radius 2 is 1.23 bits per heavy atom. The molecule has 3 aromatic rings. The summed E-state index contributed by atoms with van der Waals surface area (Å²) in [7, 11) is -2.64. The summed E-state index contributed by atoms with van der Waals surface area (Å²) in [5.74, 6) is -2.76. The van der Waals surface area contributed by atoms with Gasteiger partial charge in [-0.3, -0.25) is 39.8 Å². The smallest absolute Gasteiger partial charge is 0.414 e. The van der Waals surface area contributed by atoms with Crippen LogP contribution in [-0.2, 0) is 61.0 Å². The molecule has 5 amide bonds. The number of amides is 5. The van der Waals surface area contributed by atoms with Crippen LogP contribution < -0.4 is 43.8 Å². The number of thioether (sulfide) groups is 1. The first kappa shape index (κ1) is 62.0. The second-order valence-electron chi connectivity index (χ2n) is 18.6. The number of carboxylic acids is 1. The molecule has 0 bridgehead atoms. The lowest BCUT2D eigenvalue weighted by Crippen LogP contribution is -2.52. The molecular formula is C49H69N11O13S2. The maximum Gasteiger partial charge on any atom is 0.414 e. The number of esters is 1. The van der Waals surface area contributed by atoms with E-state index in [-0.39, 0.29) is 66.1 Å². The Bertz CT molecular complexity index is 2550. The molecule has 26 heteroatoms. The van der Waals surface area contributed by atoms with Gasteiger partial charge in [0.25, 0.3) is 0 Å². The molecule has 1 aliphatic heterocycles. The number of sulfonamides is 1. The molecule has 0 aromatic heterocycles. The van der Waals surface area contributed by atoms with Crippen molar-refractivity contribution in [1.82, 2.24) is 20.3 Å². The van der Waals surface area contributed by atoms with Crippen molar-refractivity contribution in [2.75, 3.05) is 42.5 Å². The van der Waals surface area contributed by atoms with E-state index in [4.69, 9.17) is 26.7 Å². The average Bonchev–Trinajstić information content (AvgIpc) is 3.83. The maximum absolute atomic E-state index is 13.0. The summed E-state index contributed by atoms with van der Waals surface area (Å²) in [6.07, 6.45) is -0.118. The highest BCUT2D eigenvalue weighted by atomic mass is 32.2. The van der Waals surface area contributed by atoms with Crippen LogP contribution >= 0.6 is 11.8 Å². The first-order chi connectivity index (χ1) is 35.1. The number of methoxy groups -OCH3 is 1. The van der Waals surface area contributed by atoms with Gasteiger partial charge in [-0.2, -0.15) is 4.31 Å². The van der Waals surface area contributed by atoms with E-state index in [9.17, 15) is 47.1 Å². The van der Waals surface area contributed by atoms with Crippen molar-refractivity contribution in [2.24, 2.45) is 27.2 Å². The van der Waals surface area contributed by atoms with E-state index in [0.29, 0.717) is 42.7 Å². The molecule has 0 unspecified atom stereocenters. The third kappa shape index (κ3) is 23.6. The monoisotopic (exact) mass is 1080 g/mol. The number of alkyl carbamates (subject to hydrolysis) is 2. The van der Waals surface area contributed by atoms with Crippen LogP contribution in [0.5, 0.6) is 0 Å². The third-order valence-corrected chi connectivity index (χ3v) is 13.0. The molecule has 75 heavy (non-hydrogen) atoms. The van der Waals surface area contributed by atoms with E-state index < -0.39 is 69.4 Å². The van der Waals surface area contributed by atoms with E-state index in [1.807, 2.05) is 0 Å². The van der Waals surface area contributed by atoms with Gasteiger partial charge in [-0.1, -0.05) is 42.5 Å². The number of carboxylic acid groups (broad SMARTS) is 1. The number of carbonyl (C=O) groups is 7. The van der Waals surface area contributed by atoms with Gasteiger partial charge in [-0.15, -0.1) is 11.8 Å². The number of hydrogen-bond acceptors (Lipinski definition) is 16. The Balaban J connectivity index is 0.000000396. The number of aliphatic imine (C=N–C) groups is 2. The highest BCUT2D eigenvalue weighted by molar-refractivity contribution is 8.00. The van der Waals surface area contributed by atoms with Crippen molar-refractivity contribution in [3.05, 3.63) is 90.0 Å². The second-order valence-corrected chi connectivity index (χ2v) is 21.5. The lowest BCUT2D eigenvalue weighted by molar-refractivity contribution is -0.142. The molecule has 24 nitrogen and oxygen atoms in total. The van der Waals surface area contributed by atoms with Crippen molar-refractivity contribution in [1.29, 1.82) is 0 Å². The highest BCUT2D eigenvalue weighted by Crippen LogP contribution is 2.28. The van der Waals surface area contributed by atoms with Crippen LogP contribution in [0.2, 0.25) is 0 Å². The van der Waals surface area contributed by atoms with Crippen LogP contribution in [0.4, 0.5) is 21.0 Å². The minimum atomic E-state index is -3.92. The standard InChI is InChI=1S/C25H39N5O7.C24H30N6O6S2/c1-24(2,3)36-22(33)29-21(30-23(34)37-25(4,5)6)27-14-8-9-19(31)28-17-12-10-16(11-13-17)15-18(26)20(32)35-7;25-24(26)27-12-4-7-21(31)28-17-10-8-16(9-11-17)13-19(23(33)34)29-22(32)20-14-37-15-30(20)38(35,36)18-5-2-1-3-6-18/h10-13,18H,8-9,14-15,26H2,1-7H3,(H,28,31)(H2,27,29,30,33,34);1-3,5-6,8-11,19-20H,4,7,12-15H2,(H,28,31)(H,29,32)(H,33,34)(H4,25,26,27)/t18-;19-,20-/m00/s1. The number of hydrogen-bond donors (Lipinski definition) is 9. The predicted octanol–water partition coefficient (Wildman–Crippen LogP) is 3.41. The molecule has 1 saturated heterocycles. The molecule has 0 spiro atoms. The molecule has 12 N–H and O–H groups in total. The van der Waals surface area contributed by atoms with Gasteiger partial charge in [0, 0.05) is 49.5 Å². The number of benzene rings is 3. The Morgan fingerprint density at radius 1 is 0.747 bits per heavy atom. The minimum Gasteiger partial charge on any atom is -0.480 e. The molecule has 1 heterocycles. The Hall–Kier alpha value is -7.29. The number of carbonyl (C=O) groups excluding carboxylic acids is 6. The number of rotatable bonds is 20. The predicted molar refractivity (Wildman–Crippen MR) is 284 cm³/mol. The van der Waals surface area contributed by atoms with Crippen molar-refractivity contribution in [3.63, 3.8) is 0 Å². The first-order valence-electron chi connectivity index (χ1n) is 23.5. The molecule has 0 aliphatic carbocycles. The van der Waals surface area contributed by atoms with Gasteiger partial charge < -0.3 is 52.5 Å². The topological polar surface area (TPSA) is 368 Å². The van der Waals surface area contributed by atoms with E-state index in [0.717, 1.165) is 9.87 Å².